The van der Waals surface area contributed by atoms with Crippen LogP contribution in [-0.2, 0) is 10.0 Å². The lowest BCUT2D eigenvalue weighted by Gasteiger charge is -2.19. The maximum atomic E-state index is 13.0. The van der Waals surface area contributed by atoms with Crippen LogP contribution in [0.3, 0.4) is 0 Å². The smallest absolute Gasteiger partial charge is 0.240 e. The molecule has 0 aliphatic heterocycles. The Morgan fingerprint density at radius 1 is 1.41 bits per heavy atom. The Balaban J connectivity index is 3.02. The Morgan fingerprint density at radius 2 is 2.00 bits per heavy atom. The molecule has 0 unspecified atom stereocenters. The van der Waals surface area contributed by atoms with E-state index in [1.54, 1.807) is 20.8 Å². The van der Waals surface area contributed by atoms with Crippen LogP contribution in [0.1, 0.15) is 19.4 Å². The summed E-state index contributed by atoms with van der Waals surface area (Å²) in [5.41, 5.74) is 5.52. The molecule has 6 heteroatoms. The van der Waals surface area contributed by atoms with Gasteiger partial charge in [-0.2, -0.15) is 0 Å². The van der Waals surface area contributed by atoms with E-state index in [1.165, 1.54) is 12.1 Å². The minimum atomic E-state index is -3.72. The Labute approximate surface area is 101 Å². The van der Waals surface area contributed by atoms with Crippen molar-refractivity contribution in [2.24, 2.45) is 5.73 Å². The third kappa shape index (κ3) is 4.07. The molecule has 0 amide bonds. The van der Waals surface area contributed by atoms with Crippen molar-refractivity contribution in [1.29, 1.82) is 0 Å². The summed E-state index contributed by atoms with van der Waals surface area (Å²) in [5, 5.41) is 0. The van der Waals surface area contributed by atoms with E-state index in [1.807, 2.05) is 0 Å². The predicted octanol–water partition coefficient (Wildman–Crippen LogP) is 1.15. The molecule has 0 aromatic heterocycles. The summed E-state index contributed by atoms with van der Waals surface area (Å²) in [4.78, 5) is -0.0539. The summed E-state index contributed by atoms with van der Waals surface area (Å²) in [6.07, 6.45) is 0. The predicted molar refractivity (Wildman–Crippen MR) is 64.6 cm³/mol. The van der Waals surface area contributed by atoms with Crippen LogP contribution in [0.25, 0.3) is 0 Å². The van der Waals surface area contributed by atoms with Gasteiger partial charge in [-0.3, -0.25) is 0 Å². The van der Waals surface area contributed by atoms with Crippen LogP contribution in [0.4, 0.5) is 4.39 Å². The van der Waals surface area contributed by atoms with Gasteiger partial charge in [-0.05, 0) is 38.5 Å². The van der Waals surface area contributed by atoms with Gasteiger partial charge in [0.25, 0.3) is 0 Å². The fraction of sp³-hybridized carbons (Fsp3) is 0.455. The number of hydrogen-bond donors (Lipinski definition) is 2. The largest absolute Gasteiger partial charge is 0.324 e. The molecule has 1 rings (SSSR count). The number of nitrogens with two attached hydrogens (primary N) is 1. The molecule has 0 aliphatic rings. The number of nitrogens with one attached hydrogen (secondary N) is 1. The number of halogens is 1. The summed E-state index contributed by atoms with van der Waals surface area (Å²) in [6.45, 7) is 5.11. The van der Waals surface area contributed by atoms with E-state index >= 15 is 0 Å². The van der Waals surface area contributed by atoms with Crippen molar-refractivity contribution >= 4 is 10.0 Å². The Hall–Kier alpha value is -0.980. The monoisotopic (exact) mass is 260 g/mol. The lowest BCUT2D eigenvalue weighted by Crippen LogP contribution is -2.45. The first-order valence-electron chi connectivity index (χ1n) is 5.16. The third-order valence-electron chi connectivity index (χ3n) is 2.16. The zero-order valence-electron chi connectivity index (χ0n) is 10.1. The van der Waals surface area contributed by atoms with E-state index in [4.69, 9.17) is 5.73 Å². The van der Waals surface area contributed by atoms with Crippen LogP contribution >= 0.6 is 0 Å². The minimum Gasteiger partial charge on any atom is -0.324 e. The van der Waals surface area contributed by atoms with E-state index in [9.17, 15) is 12.8 Å². The molecule has 0 atom stereocenters. The second kappa shape index (κ2) is 4.72. The standard InChI is InChI=1S/C11H17FN2O2S/c1-8-4-5-9(12)6-10(8)17(15,16)14-7-11(2,3)13/h4-6,14H,7,13H2,1-3H3. The fourth-order valence-electron chi connectivity index (χ4n) is 1.22. The van der Waals surface area contributed by atoms with E-state index in [0.717, 1.165) is 6.07 Å². The summed E-state index contributed by atoms with van der Waals surface area (Å²) >= 11 is 0. The topological polar surface area (TPSA) is 72.2 Å². The highest BCUT2D eigenvalue weighted by Gasteiger charge is 2.20. The molecule has 0 spiro atoms. The maximum Gasteiger partial charge on any atom is 0.240 e. The highest BCUT2D eigenvalue weighted by molar-refractivity contribution is 7.89. The summed E-state index contributed by atoms with van der Waals surface area (Å²) in [6, 6.07) is 3.65. The molecule has 4 nitrogen and oxygen atoms in total. The van der Waals surface area contributed by atoms with Crippen molar-refractivity contribution in [3.63, 3.8) is 0 Å². The summed E-state index contributed by atoms with van der Waals surface area (Å²) in [5.74, 6) is -0.581. The van der Waals surface area contributed by atoms with Gasteiger partial charge in [0.2, 0.25) is 10.0 Å². The molecule has 0 radical (unpaired) electrons. The second-order valence-electron chi connectivity index (χ2n) is 4.72. The van der Waals surface area contributed by atoms with Gasteiger partial charge in [-0.1, -0.05) is 6.07 Å². The van der Waals surface area contributed by atoms with Gasteiger partial charge < -0.3 is 5.73 Å². The number of rotatable bonds is 4. The van der Waals surface area contributed by atoms with Crippen molar-refractivity contribution in [3.05, 3.63) is 29.6 Å². The average Bonchev–Trinajstić information content (AvgIpc) is 2.18. The molecule has 0 fully saturated rings. The van der Waals surface area contributed by atoms with Crippen LogP contribution in [0.5, 0.6) is 0 Å². The molecule has 17 heavy (non-hydrogen) atoms. The first-order chi connectivity index (χ1) is 7.62. The van der Waals surface area contributed by atoms with Crippen LogP contribution in [0, 0.1) is 12.7 Å². The molecule has 0 heterocycles. The summed E-state index contributed by atoms with van der Waals surface area (Å²) < 4.78 is 39.2. The van der Waals surface area contributed by atoms with E-state index in [0.29, 0.717) is 5.56 Å². The number of aryl methyl sites for hydroxylation is 1. The molecule has 1 aromatic rings. The first kappa shape index (κ1) is 14.1. The lowest BCUT2D eigenvalue weighted by atomic mass is 10.1. The van der Waals surface area contributed by atoms with Crippen LogP contribution in [0.2, 0.25) is 0 Å². The number of sulfonamides is 1. The summed E-state index contributed by atoms with van der Waals surface area (Å²) in [7, 11) is -3.72. The zero-order valence-corrected chi connectivity index (χ0v) is 10.9. The highest BCUT2D eigenvalue weighted by atomic mass is 32.2. The van der Waals surface area contributed by atoms with Crippen molar-refractivity contribution in [2.75, 3.05) is 6.54 Å². The third-order valence-corrected chi connectivity index (χ3v) is 3.70. The molecule has 0 aliphatic carbocycles. The van der Waals surface area contributed by atoms with E-state index in [2.05, 4.69) is 4.72 Å². The normalized spacial score (nSPS) is 12.8. The second-order valence-corrected chi connectivity index (χ2v) is 6.46. The van der Waals surface area contributed by atoms with E-state index in [-0.39, 0.29) is 11.4 Å². The molecule has 3 N–H and O–H groups in total. The van der Waals surface area contributed by atoms with Gasteiger partial charge in [-0.15, -0.1) is 0 Å². The maximum absolute atomic E-state index is 13.0. The van der Waals surface area contributed by atoms with Gasteiger partial charge in [0.05, 0.1) is 4.90 Å². The molecule has 0 bridgehead atoms. The zero-order chi connectivity index (χ0) is 13.3. The van der Waals surface area contributed by atoms with Gasteiger partial charge >= 0.3 is 0 Å². The van der Waals surface area contributed by atoms with E-state index < -0.39 is 21.4 Å². The quantitative estimate of drug-likeness (QED) is 0.853. The van der Waals surface area contributed by atoms with Crippen LogP contribution in [-0.4, -0.2) is 20.5 Å². The van der Waals surface area contributed by atoms with Gasteiger partial charge in [0, 0.05) is 12.1 Å². The lowest BCUT2D eigenvalue weighted by molar-refractivity contribution is 0.497. The Kier molecular flexibility index (Phi) is 3.91. The SMILES string of the molecule is Cc1ccc(F)cc1S(=O)(=O)NCC(C)(C)N. The average molecular weight is 260 g/mol. The van der Waals surface area contributed by atoms with Crippen molar-refractivity contribution in [1.82, 2.24) is 4.72 Å². The Morgan fingerprint density at radius 3 is 2.53 bits per heavy atom. The molecular weight excluding hydrogens is 243 g/mol. The van der Waals surface area contributed by atoms with Gasteiger partial charge in [0.1, 0.15) is 5.82 Å². The van der Waals surface area contributed by atoms with Crippen molar-refractivity contribution in [2.45, 2.75) is 31.2 Å². The molecular formula is C11H17FN2O2S. The molecule has 1 aromatic carbocycles. The van der Waals surface area contributed by atoms with Crippen LogP contribution < -0.4 is 10.5 Å². The molecule has 0 saturated carbocycles. The number of benzene rings is 1. The van der Waals surface area contributed by atoms with Gasteiger partial charge in [-0.25, -0.2) is 17.5 Å². The minimum absolute atomic E-state index is 0.0539. The highest BCUT2D eigenvalue weighted by Crippen LogP contribution is 2.16. The van der Waals surface area contributed by atoms with Crippen molar-refractivity contribution < 1.29 is 12.8 Å². The molecule has 0 saturated heterocycles. The fourth-order valence-corrected chi connectivity index (χ4v) is 2.70. The number of hydrogen-bond acceptors (Lipinski definition) is 3. The van der Waals surface area contributed by atoms with Gasteiger partial charge in [0.15, 0.2) is 0 Å². The first-order valence-corrected chi connectivity index (χ1v) is 6.65. The molecule has 96 valence electrons. The van der Waals surface area contributed by atoms with Crippen molar-refractivity contribution in [3.8, 4) is 0 Å². The Bertz CT molecular complexity index is 507. The van der Waals surface area contributed by atoms with Crippen LogP contribution in [0.15, 0.2) is 23.1 Å².